The first kappa shape index (κ1) is 13.4. The van der Waals surface area contributed by atoms with Crippen LogP contribution in [0.1, 0.15) is 20.8 Å². The zero-order valence-corrected chi connectivity index (χ0v) is 9.25. The van der Waals surface area contributed by atoms with Crippen molar-refractivity contribution in [1.29, 1.82) is 0 Å². The molecular weight excluding hydrogens is 202 g/mol. The van der Waals surface area contributed by atoms with Crippen molar-refractivity contribution in [3.05, 3.63) is 0 Å². The van der Waals surface area contributed by atoms with Gasteiger partial charge < -0.3 is 14.8 Å². The average Bonchev–Trinajstić information content (AvgIpc) is 2.16. The van der Waals surface area contributed by atoms with Gasteiger partial charge in [0.05, 0.1) is 13.7 Å². The zero-order chi connectivity index (χ0) is 12.1. The molecule has 15 heavy (non-hydrogen) atoms. The van der Waals surface area contributed by atoms with Crippen molar-refractivity contribution in [2.45, 2.75) is 26.3 Å². The number of amides is 1. The number of ether oxygens (including phenoxy) is 2. The van der Waals surface area contributed by atoms with Gasteiger partial charge in [-0.15, -0.1) is 0 Å². The Kier molecular flexibility index (Phi) is 4.77. The van der Waals surface area contributed by atoms with Crippen LogP contribution in [0, 0.1) is 0 Å². The Hall–Kier alpha value is -1.59. The molecule has 0 saturated carbocycles. The molecule has 0 aromatic rings. The number of methoxy groups -OCH3 is 1. The van der Waals surface area contributed by atoms with E-state index in [0.29, 0.717) is 0 Å². The van der Waals surface area contributed by atoms with Gasteiger partial charge in [0.1, 0.15) is 5.54 Å². The maximum absolute atomic E-state index is 11.5. The predicted octanol–water partition coefficient (Wildman–Crippen LogP) is 0.253. The number of esters is 1. The third-order valence-corrected chi connectivity index (χ3v) is 1.63. The molecule has 0 bridgehead atoms. The molecule has 0 saturated heterocycles. The van der Waals surface area contributed by atoms with Crippen LogP contribution in [0.15, 0.2) is 0 Å². The van der Waals surface area contributed by atoms with Gasteiger partial charge in [-0.1, -0.05) is 0 Å². The summed E-state index contributed by atoms with van der Waals surface area (Å²) < 4.78 is 8.85. The van der Waals surface area contributed by atoms with E-state index in [1.165, 1.54) is 21.0 Å². The summed E-state index contributed by atoms with van der Waals surface area (Å²) in [5.74, 6) is -1.80. The van der Waals surface area contributed by atoms with Crippen molar-refractivity contribution in [1.82, 2.24) is 5.32 Å². The van der Waals surface area contributed by atoms with Crippen LogP contribution in [0.4, 0.5) is 4.79 Å². The summed E-state index contributed by atoms with van der Waals surface area (Å²) >= 11 is 0. The van der Waals surface area contributed by atoms with E-state index in [9.17, 15) is 14.4 Å². The SMILES string of the molecule is CCOC(=O)C(=O)C(C)(C)NC(=O)OC. The zero-order valence-electron chi connectivity index (χ0n) is 9.25. The average molecular weight is 217 g/mol. The molecule has 0 spiro atoms. The number of hydrogen-bond donors (Lipinski definition) is 1. The first-order valence-corrected chi connectivity index (χ1v) is 4.42. The first-order valence-electron chi connectivity index (χ1n) is 4.42. The summed E-state index contributed by atoms with van der Waals surface area (Å²) in [6.45, 7) is 4.48. The summed E-state index contributed by atoms with van der Waals surface area (Å²) in [5, 5.41) is 2.23. The van der Waals surface area contributed by atoms with Gasteiger partial charge in [-0.05, 0) is 20.8 Å². The fourth-order valence-corrected chi connectivity index (χ4v) is 0.815. The maximum atomic E-state index is 11.5. The highest BCUT2D eigenvalue weighted by atomic mass is 16.5. The maximum Gasteiger partial charge on any atom is 0.407 e. The quantitative estimate of drug-likeness (QED) is 0.539. The summed E-state index contributed by atoms with van der Waals surface area (Å²) in [6.07, 6.45) is -0.780. The monoisotopic (exact) mass is 217 g/mol. The summed E-state index contributed by atoms with van der Waals surface area (Å²) in [6, 6.07) is 0. The molecule has 1 amide bonds. The summed E-state index contributed by atoms with van der Waals surface area (Å²) in [7, 11) is 1.17. The molecule has 6 heteroatoms. The summed E-state index contributed by atoms with van der Waals surface area (Å²) in [5.41, 5.74) is -1.33. The van der Waals surface area contributed by atoms with Crippen molar-refractivity contribution in [3.63, 3.8) is 0 Å². The Morgan fingerprint density at radius 3 is 2.20 bits per heavy atom. The molecule has 0 aromatic carbocycles. The molecule has 0 unspecified atom stereocenters. The molecule has 0 atom stereocenters. The number of Topliss-reactive ketones (excluding diaryl/α,β-unsaturated/α-hetero) is 1. The third kappa shape index (κ3) is 3.97. The first-order chi connectivity index (χ1) is 6.85. The molecule has 0 radical (unpaired) electrons. The lowest BCUT2D eigenvalue weighted by Crippen LogP contribution is -2.52. The molecule has 0 aliphatic rings. The van der Waals surface area contributed by atoms with Crippen LogP contribution in [0.2, 0.25) is 0 Å². The number of carbonyl (C=O) groups excluding carboxylic acids is 3. The van der Waals surface area contributed by atoms with Crippen LogP contribution < -0.4 is 5.32 Å². The van der Waals surface area contributed by atoms with Gasteiger partial charge >= 0.3 is 12.1 Å². The second-order valence-electron chi connectivity index (χ2n) is 3.29. The molecule has 0 fully saturated rings. The van der Waals surface area contributed by atoms with Crippen molar-refractivity contribution in [2.75, 3.05) is 13.7 Å². The normalized spacial score (nSPS) is 10.4. The van der Waals surface area contributed by atoms with Crippen LogP contribution in [0.5, 0.6) is 0 Å². The topological polar surface area (TPSA) is 81.7 Å². The number of rotatable bonds is 4. The molecule has 0 aromatic heterocycles. The van der Waals surface area contributed by atoms with Crippen molar-refractivity contribution < 1.29 is 23.9 Å². The van der Waals surface area contributed by atoms with E-state index in [1.807, 2.05) is 0 Å². The van der Waals surface area contributed by atoms with E-state index in [4.69, 9.17) is 0 Å². The minimum absolute atomic E-state index is 0.110. The minimum Gasteiger partial charge on any atom is -0.460 e. The van der Waals surface area contributed by atoms with E-state index in [-0.39, 0.29) is 6.61 Å². The molecule has 86 valence electrons. The predicted molar refractivity (Wildman–Crippen MR) is 51.3 cm³/mol. The van der Waals surface area contributed by atoms with Crippen molar-refractivity contribution >= 4 is 17.8 Å². The fraction of sp³-hybridized carbons (Fsp3) is 0.667. The van der Waals surface area contributed by atoms with Gasteiger partial charge in [-0.25, -0.2) is 9.59 Å². The lowest BCUT2D eigenvalue weighted by atomic mass is 10.00. The van der Waals surface area contributed by atoms with Crippen LogP contribution in [0.3, 0.4) is 0 Å². The van der Waals surface area contributed by atoms with Gasteiger partial charge in [0.25, 0.3) is 5.78 Å². The molecule has 0 heterocycles. The van der Waals surface area contributed by atoms with Gasteiger partial charge in [0, 0.05) is 0 Å². The van der Waals surface area contributed by atoms with E-state index in [1.54, 1.807) is 6.92 Å². The van der Waals surface area contributed by atoms with Crippen LogP contribution in [0.25, 0.3) is 0 Å². The highest BCUT2D eigenvalue weighted by Crippen LogP contribution is 2.05. The van der Waals surface area contributed by atoms with Crippen molar-refractivity contribution in [3.8, 4) is 0 Å². The van der Waals surface area contributed by atoms with E-state index in [2.05, 4.69) is 14.8 Å². The number of alkyl carbamates (subject to hydrolysis) is 1. The molecule has 0 aliphatic heterocycles. The van der Waals surface area contributed by atoms with Crippen molar-refractivity contribution in [2.24, 2.45) is 0 Å². The second-order valence-corrected chi connectivity index (χ2v) is 3.29. The lowest BCUT2D eigenvalue weighted by molar-refractivity contribution is -0.155. The number of hydrogen-bond acceptors (Lipinski definition) is 5. The Labute approximate surface area is 87.9 Å². The van der Waals surface area contributed by atoms with E-state index < -0.39 is 23.4 Å². The lowest BCUT2D eigenvalue weighted by Gasteiger charge is -2.22. The molecular formula is C9H15NO5. The Bertz CT molecular complexity index is 272. The largest absolute Gasteiger partial charge is 0.460 e. The molecule has 0 rings (SSSR count). The second kappa shape index (κ2) is 5.33. The minimum atomic E-state index is -1.33. The highest BCUT2D eigenvalue weighted by Gasteiger charge is 2.35. The number of ketones is 1. The van der Waals surface area contributed by atoms with E-state index in [0.717, 1.165) is 0 Å². The Morgan fingerprint density at radius 1 is 1.27 bits per heavy atom. The van der Waals surface area contributed by atoms with Crippen LogP contribution >= 0.6 is 0 Å². The molecule has 0 aliphatic carbocycles. The third-order valence-electron chi connectivity index (χ3n) is 1.63. The van der Waals surface area contributed by atoms with Gasteiger partial charge in [-0.2, -0.15) is 0 Å². The van der Waals surface area contributed by atoms with Crippen LogP contribution in [-0.2, 0) is 19.1 Å². The Morgan fingerprint density at radius 2 is 1.80 bits per heavy atom. The highest BCUT2D eigenvalue weighted by molar-refractivity contribution is 6.37. The van der Waals surface area contributed by atoms with Crippen LogP contribution in [-0.4, -0.2) is 37.1 Å². The van der Waals surface area contributed by atoms with Gasteiger partial charge in [-0.3, -0.25) is 4.79 Å². The number of carbonyl (C=O) groups is 3. The smallest absolute Gasteiger partial charge is 0.407 e. The Balaban J connectivity index is 4.51. The molecule has 6 nitrogen and oxygen atoms in total. The van der Waals surface area contributed by atoms with Gasteiger partial charge in [0.2, 0.25) is 0 Å². The summed E-state index contributed by atoms with van der Waals surface area (Å²) in [4.78, 5) is 33.4. The molecule has 1 N–H and O–H groups in total. The standard InChI is InChI=1S/C9H15NO5/c1-5-15-7(12)6(11)9(2,3)10-8(13)14-4/h5H2,1-4H3,(H,10,13). The van der Waals surface area contributed by atoms with E-state index >= 15 is 0 Å². The van der Waals surface area contributed by atoms with Gasteiger partial charge in [0.15, 0.2) is 0 Å². The fourth-order valence-electron chi connectivity index (χ4n) is 0.815. The number of nitrogens with one attached hydrogen (secondary N) is 1.